The van der Waals surface area contributed by atoms with Gasteiger partial charge in [0.05, 0.1) is 5.69 Å². The van der Waals surface area contributed by atoms with E-state index < -0.39 is 12.1 Å². The lowest BCUT2D eigenvalue weighted by atomic mass is 10.1. The third-order valence-corrected chi connectivity index (χ3v) is 2.98. The van der Waals surface area contributed by atoms with E-state index in [1.807, 2.05) is 0 Å². The number of anilines is 1. The second-order valence-corrected chi connectivity index (χ2v) is 4.13. The number of hydrogen-bond acceptors (Lipinski definition) is 4. The lowest BCUT2D eigenvalue weighted by Crippen LogP contribution is -2.35. The van der Waals surface area contributed by atoms with Crippen molar-refractivity contribution in [3.05, 3.63) is 29.8 Å². The molecule has 1 aromatic rings. The minimum absolute atomic E-state index is 0.0131. The fraction of sp³-hybridized carbons (Fsp3) is 0.333. The highest BCUT2D eigenvalue weighted by molar-refractivity contribution is 5.81. The number of carbonyl (C=O) groups excluding carboxylic acids is 1. The molecule has 6 nitrogen and oxygen atoms in total. The van der Waals surface area contributed by atoms with E-state index in [4.69, 9.17) is 5.11 Å². The van der Waals surface area contributed by atoms with Crippen molar-refractivity contribution in [1.29, 1.82) is 0 Å². The summed E-state index contributed by atoms with van der Waals surface area (Å²) in [4.78, 5) is 22.1. The van der Waals surface area contributed by atoms with Crippen molar-refractivity contribution in [2.24, 2.45) is 0 Å². The molecular weight excluding hydrogens is 236 g/mol. The number of aliphatic hydroxyl groups is 1. The Balaban J connectivity index is 2.28. The highest BCUT2D eigenvalue weighted by Gasteiger charge is 2.26. The van der Waals surface area contributed by atoms with Crippen LogP contribution >= 0.6 is 0 Å². The number of benzene rings is 1. The van der Waals surface area contributed by atoms with E-state index in [9.17, 15) is 14.7 Å². The average molecular weight is 250 g/mol. The molecule has 1 aliphatic heterocycles. The van der Waals surface area contributed by atoms with Crippen LogP contribution in [0.4, 0.5) is 5.69 Å². The maximum Gasteiger partial charge on any atom is 0.337 e. The predicted octanol–water partition coefficient (Wildman–Crippen LogP) is 0.388. The van der Waals surface area contributed by atoms with E-state index in [2.05, 4.69) is 0 Å². The molecule has 1 saturated heterocycles. The van der Waals surface area contributed by atoms with Gasteiger partial charge >= 0.3 is 5.97 Å². The van der Waals surface area contributed by atoms with Crippen molar-refractivity contribution < 1.29 is 19.8 Å². The second kappa shape index (κ2) is 4.66. The highest BCUT2D eigenvalue weighted by Crippen LogP contribution is 2.24. The molecule has 1 atom stereocenters. The largest absolute Gasteiger partial charge is 0.479 e. The molecule has 1 aromatic carbocycles. The summed E-state index contributed by atoms with van der Waals surface area (Å²) >= 11 is 0. The molecule has 1 amide bonds. The van der Waals surface area contributed by atoms with Gasteiger partial charge in [0.1, 0.15) is 0 Å². The van der Waals surface area contributed by atoms with Crippen LogP contribution < -0.4 is 5.01 Å². The molecule has 18 heavy (non-hydrogen) atoms. The summed E-state index contributed by atoms with van der Waals surface area (Å²) in [5.41, 5.74) is 0.994. The number of aliphatic hydroxyl groups excluding tert-OH is 1. The lowest BCUT2D eigenvalue weighted by Gasteiger charge is -2.26. The van der Waals surface area contributed by atoms with Crippen LogP contribution in [0.3, 0.4) is 0 Å². The van der Waals surface area contributed by atoms with E-state index in [-0.39, 0.29) is 5.91 Å². The summed E-state index contributed by atoms with van der Waals surface area (Å²) in [7, 11) is 1.66. The lowest BCUT2D eigenvalue weighted by molar-refractivity contribution is -0.147. The van der Waals surface area contributed by atoms with Gasteiger partial charge < -0.3 is 10.2 Å². The number of hydrogen-bond donors (Lipinski definition) is 2. The molecule has 1 unspecified atom stereocenters. The number of nitrogens with zero attached hydrogens (tertiary/aromatic N) is 2. The zero-order chi connectivity index (χ0) is 13.3. The van der Waals surface area contributed by atoms with Crippen LogP contribution in [0, 0.1) is 0 Å². The molecule has 1 heterocycles. The average Bonchev–Trinajstić information content (AvgIpc) is 2.69. The summed E-state index contributed by atoms with van der Waals surface area (Å²) in [6.45, 7) is 0.557. The maximum atomic E-state index is 11.4. The minimum atomic E-state index is -1.55. The highest BCUT2D eigenvalue weighted by atomic mass is 16.4. The first-order valence-electron chi connectivity index (χ1n) is 5.55. The van der Waals surface area contributed by atoms with E-state index in [0.717, 1.165) is 0 Å². The van der Waals surface area contributed by atoms with Crippen LogP contribution in [0.2, 0.25) is 0 Å². The number of hydrazine groups is 1. The molecular formula is C12H14N2O4. The number of carbonyl (C=O) groups is 2. The van der Waals surface area contributed by atoms with Crippen LogP contribution in [0.25, 0.3) is 0 Å². The van der Waals surface area contributed by atoms with Gasteiger partial charge in [-0.25, -0.2) is 4.79 Å². The quantitative estimate of drug-likeness (QED) is 0.811. The van der Waals surface area contributed by atoms with Crippen molar-refractivity contribution >= 4 is 17.6 Å². The van der Waals surface area contributed by atoms with Gasteiger partial charge in [0.25, 0.3) is 0 Å². The van der Waals surface area contributed by atoms with Gasteiger partial charge in [0.15, 0.2) is 6.10 Å². The Morgan fingerprint density at radius 1 is 1.44 bits per heavy atom. The molecule has 6 heteroatoms. The van der Waals surface area contributed by atoms with E-state index >= 15 is 0 Å². The number of carboxylic acid groups (broad SMARTS) is 1. The summed E-state index contributed by atoms with van der Waals surface area (Å²) < 4.78 is 0. The first-order valence-corrected chi connectivity index (χ1v) is 5.55. The number of amides is 1. The molecule has 0 radical (unpaired) electrons. The topological polar surface area (TPSA) is 81.1 Å². The van der Waals surface area contributed by atoms with Crippen LogP contribution in [0.1, 0.15) is 18.1 Å². The van der Waals surface area contributed by atoms with Crippen molar-refractivity contribution in [3.8, 4) is 0 Å². The molecule has 96 valence electrons. The SMILES string of the molecule is CN1C(=O)CCN1c1cccc(C(O)C(=O)O)c1. The minimum Gasteiger partial charge on any atom is -0.479 e. The molecule has 0 saturated carbocycles. The number of aliphatic carboxylic acids is 1. The summed E-state index contributed by atoms with van der Waals surface area (Å²) in [5, 5.41) is 21.5. The Labute approximate surface area is 104 Å². The Hall–Kier alpha value is -2.08. The van der Waals surface area contributed by atoms with Crippen LogP contribution in [-0.4, -0.2) is 40.7 Å². The number of carboxylic acids is 1. The Morgan fingerprint density at radius 3 is 2.72 bits per heavy atom. The zero-order valence-electron chi connectivity index (χ0n) is 9.91. The molecule has 0 aliphatic carbocycles. The molecule has 2 N–H and O–H groups in total. The van der Waals surface area contributed by atoms with Gasteiger partial charge in [-0.2, -0.15) is 0 Å². The fourth-order valence-electron chi connectivity index (χ4n) is 1.95. The Bertz CT molecular complexity index is 489. The third-order valence-electron chi connectivity index (χ3n) is 2.98. The molecule has 1 aliphatic rings. The molecule has 2 rings (SSSR count). The smallest absolute Gasteiger partial charge is 0.337 e. The normalized spacial score (nSPS) is 17.1. The Morgan fingerprint density at radius 2 is 2.17 bits per heavy atom. The summed E-state index contributed by atoms with van der Waals surface area (Å²) in [6, 6.07) is 6.55. The summed E-state index contributed by atoms with van der Waals surface area (Å²) in [5.74, 6) is -1.28. The van der Waals surface area contributed by atoms with Gasteiger partial charge in [0.2, 0.25) is 5.91 Å². The van der Waals surface area contributed by atoms with Gasteiger partial charge in [-0.15, -0.1) is 0 Å². The van der Waals surface area contributed by atoms with Crippen LogP contribution in [-0.2, 0) is 9.59 Å². The van der Waals surface area contributed by atoms with E-state index in [0.29, 0.717) is 24.2 Å². The first kappa shape index (κ1) is 12.4. The van der Waals surface area contributed by atoms with Crippen LogP contribution in [0.15, 0.2) is 24.3 Å². The number of rotatable bonds is 3. The second-order valence-electron chi connectivity index (χ2n) is 4.13. The zero-order valence-corrected chi connectivity index (χ0v) is 9.91. The maximum absolute atomic E-state index is 11.4. The van der Waals surface area contributed by atoms with Crippen molar-refractivity contribution in [2.75, 3.05) is 18.6 Å². The first-order chi connectivity index (χ1) is 8.50. The van der Waals surface area contributed by atoms with Gasteiger partial charge in [-0.1, -0.05) is 12.1 Å². The fourth-order valence-corrected chi connectivity index (χ4v) is 1.95. The monoisotopic (exact) mass is 250 g/mol. The van der Waals surface area contributed by atoms with E-state index in [1.54, 1.807) is 36.3 Å². The van der Waals surface area contributed by atoms with Gasteiger partial charge in [0, 0.05) is 20.0 Å². The van der Waals surface area contributed by atoms with Crippen LogP contribution in [0.5, 0.6) is 0 Å². The van der Waals surface area contributed by atoms with Crippen molar-refractivity contribution in [2.45, 2.75) is 12.5 Å². The molecule has 0 aromatic heterocycles. The molecule has 0 bridgehead atoms. The van der Waals surface area contributed by atoms with Gasteiger partial charge in [-0.3, -0.25) is 14.8 Å². The van der Waals surface area contributed by atoms with Gasteiger partial charge in [-0.05, 0) is 17.7 Å². The van der Waals surface area contributed by atoms with E-state index in [1.165, 1.54) is 5.01 Å². The Kier molecular flexibility index (Phi) is 3.20. The standard InChI is InChI=1S/C12H14N2O4/c1-13-10(15)5-6-14(13)9-4-2-3-8(7-9)11(16)12(17)18/h2-4,7,11,16H,5-6H2,1H3,(H,17,18). The van der Waals surface area contributed by atoms with Crippen molar-refractivity contribution in [3.63, 3.8) is 0 Å². The molecule has 1 fully saturated rings. The van der Waals surface area contributed by atoms with Crippen molar-refractivity contribution in [1.82, 2.24) is 5.01 Å². The summed E-state index contributed by atoms with van der Waals surface area (Å²) in [6.07, 6.45) is -1.11. The molecule has 0 spiro atoms. The third kappa shape index (κ3) is 2.14. The predicted molar refractivity (Wildman–Crippen MR) is 63.8 cm³/mol.